The Bertz CT molecular complexity index is 357. The van der Waals surface area contributed by atoms with E-state index in [-0.39, 0.29) is 6.10 Å². The first-order valence-electron chi connectivity index (χ1n) is 7.75. The van der Waals surface area contributed by atoms with Crippen LogP contribution in [-0.4, -0.2) is 24.0 Å². The predicted octanol–water partition coefficient (Wildman–Crippen LogP) is 3.91. The van der Waals surface area contributed by atoms with Gasteiger partial charge in [-0.3, -0.25) is 0 Å². The van der Waals surface area contributed by atoms with E-state index < -0.39 is 0 Å². The van der Waals surface area contributed by atoms with Crippen LogP contribution in [0.4, 0.5) is 0 Å². The van der Waals surface area contributed by atoms with Crippen molar-refractivity contribution in [1.82, 2.24) is 5.32 Å². The zero-order chi connectivity index (χ0) is 15.0. The third kappa shape index (κ3) is 5.47. The molecule has 1 aliphatic heterocycles. The van der Waals surface area contributed by atoms with Crippen LogP contribution >= 0.6 is 12.6 Å². The van der Waals surface area contributed by atoms with Crippen LogP contribution in [0.3, 0.4) is 0 Å². The molecule has 0 amide bonds. The zero-order valence-electron chi connectivity index (χ0n) is 13.2. The van der Waals surface area contributed by atoms with Crippen molar-refractivity contribution in [1.29, 1.82) is 0 Å². The maximum atomic E-state index is 6.01. The lowest BCUT2D eigenvalue weighted by atomic mass is 9.94. The largest absolute Gasteiger partial charge is 0.373 e. The maximum Gasteiger partial charge on any atom is 0.0819 e. The molecular weight excluding hydrogens is 266 g/mol. The van der Waals surface area contributed by atoms with Crippen molar-refractivity contribution in [3.63, 3.8) is 0 Å². The number of ether oxygens (including phenoxy) is 1. The topological polar surface area (TPSA) is 21.3 Å². The molecule has 1 N–H and O–H groups in total. The van der Waals surface area contributed by atoms with Crippen molar-refractivity contribution in [3.05, 3.63) is 35.9 Å². The fourth-order valence-corrected chi connectivity index (χ4v) is 2.87. The molecule has 0 aliphatic carbocycles. The number of hydrogen-bond donors (Lipinski definition) is 2. The van der Waals surface area contributed by atoms with Crippen molar-refractivity contribution in [2.45, 2.75) is 58.1 Å². The monoisotopic (exact) mass is 295 g/mol. The van der Waals surface area contributed by atoms with Crippen LogP contribution in [0.1, 0.15) is 39.7 Å². The smallest absolute Gasteiger partial charge is 0.0819 e. The number of nitrogens with one attached hydrogen (secondary N) is 1. The molecule has 1 aromatic rings. The zero-order valence-corrected chi connectivity index (χ0v) is 14.1. The second-order valence-electron chi connectivity index (χ2n) is 5.28. The fourth-order valence-electron chi connectivity index (χ4n) is 2.36. The third-order valence-electron chi connectivity index (χ3n) is 3.75. The second-order valence-corrected chi connectivity index (χ2v) is 5.94. The number of thiol groups is 1. The van der Waals surface area contributed by atoms with E-state index in [9.17, 15) is 0 Å². The van der Waals surface area contributed by atoms with Gasteiger partial charge in [0.05, 0.1) is 12.2 Å². The summed E-state index contributed by atoms with van der Waals surface area (Å²) in [5.74, 6) is 0.609. The highest BCUT2D eigenvalue weighted by Crippen LogP contribution is 2.27. The lowest BCUT2D eigenvalue weighted by molar-refractivity contribution is -0.0624. The molecule has 1 fully saturated rings. The molecule has 4 unspecified atom stereocenters. The van der Waals surface area contributed by atoms with E-state index in [0.29, 0.717) is 17.3 Å². The molecule has 20 heavy (non-hydrogen) atoms. The van der Waals surface area contributed by atoms with Gasteiger partial charge in [-0.15, -0.1) is 0 Å². The molecule has 1 heterocycles. The summed E-state index contributed by atoms with van der Waals surface area (Å²) < 4.78 is 6.01. The van der Waals surface area contributed by atoms with Crippen molar-refractivity contribution in [3.8, 4) is 0 Å². The van der Waals surface area contributed by atoms with Gasteiger partial charge < -0.3 is 10.1 Å². The Morgan fingerprint density at radius 3 is 2.50 bits per heavy atom. The fraction of sp³-hybridized carbons (Fsp3) is 0.647. The normalized spacial score (nSPS) is 29.4. The summed E-state index contributed by atoms with van der Waals surface area (Å²) in [6.07, 6.45) is 1.71. The Labute approximate surface area is 129 Å². The SMILES string of the molecule is CC.CC1CC(S)C(CNCc2ccccc2)OC1C. The number of benzene rings is 1. The van der Waals surface area contributed by atoms with Crippen LogP contribution in [0.5, 0.6) is 0 Å². The Balaban J connectivity index is 0.000000956. The van der Waals surface area contributed by atoms with E-state index in [4.69, 9.17) is 4.74 Å². The van der Waals surface area contributed by atoms with E-state index >= 15 is 0 Å². The van der Waals surface area contributed by atoms with Gasteiger partial charge in [0, 0.05) is 18.3 Å². The predicted molar refractivity (Wildman–Crippen MR) is 90.4 cm³/mol. The second kappa shape index (κ2) is 9.43. The van der Waals surface area contributed by atoms with Crippen LogP contribution < -0.4 is 5.32 Å². The summed E-state index contributed by atoms with van der Waals surface area (Å²) in [6, 6.07) is 10.5. The molecule has 114 valence electrons. The van der Waals surface area contributed by atoms with E-state index in [2.05, 4.69) is 56.1 Å². The van der Waals surface area contributed by atoms with Crippen LogP contribution in [-0.2, 0) is 11.3 Å². The van der Waals surface area contributed by atoms with Gasteiger partial charge in [-0.25, -0.2) is 0 Å². The molecule has 1 aromatic carbocycles. The van der Waals surface area contributed by atoms with Gasteiger partial charge in [0.2, 0.25) is 0 Å². The lowest BCUT2D eigenvalue weighted by Crippen LogP contribution is -2.44. The minimum atomic E-state index is 0.225. The van der Waals surface area contributed by atoms with E-state index in [1.165, 1.54) is 5.56 Å². The van der Waals surface area contributed by atoms with E-state index in [0.717, 1.165) is 19.5 Å². The van der Waals surface area contributed by atoms with Crippen LogP contribution in [0.25, 0.3) is 0 Å². The standard InChI is InChI=1S/C15H23NOS.C2H6/c1-11-8-15(18)14(17-12(11)2)10-16-9-13-6-4-3-5-7-13;1-2/h3-7,11-12,14-16,18H,8-10H2,1-2H3;1-2H3. The summed E-state index contributed by atoms with van der Waals surface area (Å²) >= 11 is 4.65. The Hall–Kier alpha value is -0.510. The van der Waals surface area contributed by atoms with Crippen LogP contribution in [0.15, 0.2) is 30.3 Å². The highest BCUT2D eigenvalue weighted by Gasteiger charge is 2.31. The first-order chi connectivity index (χ1) is 9.66. The first-order valence-corrected chi connectivity index (χ1v) is 8.26. The molecule has 2 nitrogen and oxygen atoms in total. The third-order valence-corrected chi connectivity index (χ3v) is 4.29. The minimum Gasteiger partial charge on any atom is -0.373 e. The highest BCUT2D eigenvalue weighted by atomic mass is 32.1. The van der Waals surface area contributed by atoms with Gasteiger partial charge in [0.1, 0.15) is 0 Å². The van der Waals surface area contributed by atoms with Crippen LogP contribution in [0, 0.1) is 5.92 Å². The molecule has 2 rings (SSSR count). The van der Waals surface area contributed by atoms with Gasteiger partial charge >= 0.3 is 0 Å². The lowest BCUT2D eigenvalue weighted by Gasteiger charge is -2.37. The minimum absolute atomic E-state index is 0.225. The molecule has 0 aromatic heterocycles. The van der Waals surface area contributed by atoms with E-state index in [1.807, 2.05) is 19.9 Å². The van der Waals surface area contributed by atoms with Crippen molar-refractivity contribution < 1.29 is 4.74 Å². The Morgan fingerprint density at radius 1 is 1.20 bits per heavy atom. The molecule has 4 atom stereocenters. The highest BCUT2D eigenvalue weighted by molar-refractivity contribution is 7.81. The summed E-state index contributed by atoms with van der Waals surface area (Å²) in [4.78, 5) is 0. The summed E-state index contributed by atoms with van der Waals surface area (Å²) in [6.45, 7) is 10.2. The van der Waals surface area contributed by atoms with Crippen molar-refractivity contribution >= 4 is 12.6 Å². The molecule has 1 aliphatic rings. The summed E-state index contributed by atoms with van der Waals surface area (Å²) in [7, 11) is 0. The van der Waals surface area contributed by atoms with Crippen LogP contribution in [0.2, 0.25) is 0 Å². The Morgan fingerprint density at radius 2 is 1.85 bits per heavy atom. The number of hydrogen-bond acceptors (Lipinski definition) is 3. The Kier molecular flexibility index (Phi) is 8.27. The van der Waals surface area contributed by atoms with Gasteiger partial charge in [-0.1, -0.05) is 51.1 Å². The maximum absolute atomic E-state index is 6.01. The average molecular weight is 295 g/mol. The molecule has 0 radical (unpaired) electrons. The molecule has 0 saturated carbocycles. The molecule has 0 bridgehead atoms. The van der Waals surface area contributed by atoms with Gasteiger partial charge in [-0.2, -0.15) is 12.6 Å². The molecule has 1 saturated heterocycles. The van der Waals surface area contributed by atoms with Gasteiger partial charge in [0.25, 0.3) is 0 Å². The van der Waals surface area contributed by atoms with Gasteiger partial charge in [-0.05, 0) is 24.8 Å². The summed E-state index contributed by atoms with van der Waals surface area (Å²) in [5, 5.41) is 3.81. The molecule has 3 heteroatoms. The summed E-state index contributed by atoms with van der Waals surface area (Å²) in [5.41, 5.74) is 1.31. The van der Waals surface area contributed by atoms with E-state index in [1.54, 1.807) is 0 Å². The number of rotatable bonds is 4. The van der Waals surface area contributed by atoms with Crippen molar-refractivity contribution in [2.24, 2.45) is 5.92 Å². The average Bonchev–Trinajstić information content (AvgIpc) is 2.48. The van der Waals surface area contributed by atoms with Gasteiger partial charge in [0.15, 0.2) is 0 Å². The molecular formula is C17H29NOS. The first kappa shape index (κ1) is 17.5. The quantitative estimate of drug-likeness (QED) is 0.822. The molecule has 0 spiro atoms. The van der Waals surface area contributed by atoms with Crippen molar-refractivity contribution in [2.75, 3.05) is 6.54 Å².